The van der Waals surface area contributed by atoms with Gasteiger partial charge >= 0.3 is 0 Å². The maximum absolute atomic E-state index is 13.3. The van der Waals surface area contributed by atoms with E-state index in [2.05, 4.69) is 42.0 Å². The second-order valence-corrected chi connectivity index (χ2v) is 9.77. The van der Waals surface area contributed by atoms with Gasteiger partial charge in [-0.1, -0.05) is 35.9 Å². The number of benzene rings is 2. The second kappa shape index (κ2) is 8.26. The van der Waals surface area contributed by atoms with Crippen LogP contribution in [0.3, 0.4) is 0 Å². The summed E-state index contributed by atoms with van der Waals surface area (Å²) in [6.07, 6.45) is 0. The second-order valence-electron chi connectivity index (χ2n) is 8.31. The fourth-order valence-electron chi connectivity index (χ4n) is 4.35. The van der Waals surface area contributed by atoms with Gasteiger partial charge in [-0.05, 0) is 49.2 Å². The Kier molecular flexibility index (Phi) is 5.43. The molecule has 5 nitrogen and oxygen atoms in total. The monoisotopic (exact) mass is 464 g/mol. The van der Waals surface area contributed by atoms with Crippen LogP contribution >= 0.6 is 22.9 Å². The smallest absolute Gasteiger partial charge is 0.264 e. The molecule has 3 heterocycles. The lowest BCUT2D eigenvalue weighted by molar-refractivity contribution is 0.0751. The molecule has 0 saturated carbocycles. The Morgan fingerprint density at radius 3 is 2.47 bits per heavy atom. The van der Waals surface area contributed by atoms with Gasteiger partial charge in [0.15, 0.2) is 0 Å². The first kappa shape index (κ1) is 21.0. The van der Waals surface area contributed by atoms with Crippen LogP contribution in [0.4, 0.5) is 5.69 Å². The first-order valence-corrected chi connectivity index (χ1v) is 11.9. The van der Waals surface area contributed by atoms with Gasteiger partial charge in [-0.3, -0.25) is 9.48 Å². The number of piperazine rings is 1. The zero-order valence-electron chi connectivity index (χ0n) is 18.4. The third-order valence-corrected chi connectivity index (χ3v) is 7.77. The summed E-state index contributed by atoms with van der Waals surface area (Å²) in [6.45, 7) is 7.46. The van der Waals surface area contributed by atoms with Crippen LogP contribution in [0.2, 0.25) is 5.02 Å². The molecule has 0 spiro atoms. The lowest BCUT2D eigenvalue weighted by Crippen LogP contribution is -2.48. The Hall–Kier alpha value is -2.83. The van der Waals surface area contributed by atoms with Crippen molar-refractivity contribution >= 4 is 44.7 Å². The highest BCUT2D eigenvalue weighted by Gasteiger charge is 2.26. The van der Waals surface area contributed by atoms with Crippen LogP contribution in [0.25, 0.3) is 21.5 Å². The first-order chi connectivity index (χ1) is 15.4. The van der Waals surface area contributed by atoms with Gasteiger partial charge in [-0.25, -0.2) is 0 Å². The summed E-state index contributed by atoms with van der Waals surface area (Å²) in [4.78, 5) is 19.4. The molecule has 0 unspecified atom stereocenters. The number of carbonyl (C=O) groups excluding carboxylic acids is 1. The van der Waals surface area contributed by atoms with Crippen molar-refractivity contribution in [3.05, 3.63) is 69.6 Å². The molecule has 0 bridgehead atoms. The Morgan fingerprint density at radius 1 is 1.03 bits per heavy atom. The average Bonchev–Trinajstić information content (AvgIpc) is 3.37. The minimum absolute atomic E-state index is 0.105. The van der Waals surface area contributed by atoms with Crippen molar-refractivity contribution in [1.82, 2.24) is 14.7 Å². The molecule has 0 radical (unpaired) electrons. The summed E-state index contributed by atoms with van der Waals surface area (Å²) in [5, 5.41) is 6.38. The van der Waals surface area contributed by atoms with Crippen molar-refractivity contribution in [1.29, 1.82) is 0 Å². The van der Waals surface area contributed by atoms with E-state index in [0.29, 0.717) is 5.02 Å². The van der Waals surface area contributed by atoms with E-state index in [1.807, 2.05) is 47.0 Å². The third-order valence-electron chi connectivity index (χ3n) is 6.32. The van der Waals surface area contributed by atoms with Crippen molar-refractivity contribution in [3.8, 4) is 11.3 Å². The molecular formula is C25H25ClN4OS. The zero-order valence-corrected chi connectivity index (χ0v) is 20.0. The molecule has 1 fully saturated rings. The van der Waals surface area contributed by atoms with E-state index in [-0.39, 0.29) is 5.91 Å². The fourth-order valence-corrected chi connectivity index (χ4v) is 5.52. The molecular weight excluding hydrogens is 440 g/mol. The van der Waals surface area contributed by atoms with Crippen LogP contribution in [0.5, 0.6) is 0 Å². The predicted octanol–water partition coefficient (Wildman–Crippen LogP) is 5.53. The van der Waals surface area contributed by atoms with Crippen LogP contribution < -0.4 is 4.90 Å². The van der Waals surface area contributed by atoms with Crippen LogP contribution in [0.1, 0.15) is 20.8 Å². The number of anilines is 1. The molecule has 1 aliphatic rings. The van der Waals surface area contributed by atoms with Crippen molar-refractivity contribution in [3.63, 3.8) is 0 Å². The lowest BCUT2D eigenvalue weighted by atomic mass is 10.1. The number of thiophene rings is 1. The highest BCUT2D eigenvalue weighted by atomic mass is 35.5. The summed E-state index contributed by atoms with van der Waals surface area (Å²) in [5.74, 6) is 0.105. The largest absolute Gasteiger partial charge is 0.368 e. The molecule has 1 amide bonds. The van der Waals surface area contributed by atoms with Crippen LogP contribution in [-0.2, 0) is 7.05 Å². The SMILES string of the molecule is Cc1cccc(N2CCN(C(=O)c3cc4c(-c5ccc(Cl)cc5)nn(C)c4s3)CC2)c1C. The minimum Gasteiger partial charge on any atom is -0.368 e. The molecule has 2 aromatic carbocycles. The Labute approximate surface area is 196 Å². The van der Waals surface area contributed by atoms with Crippen LogP contribution in [0, 0.1) is 13.8 Å². The van der Waals surface area contributed by atoms with Gasteiger partial charge in [0, 0.05) is 54.9 Å². The van der Waals surface area contributed by atoms with Gasteiger partial charge in [0.1, 0.15) is 10.5 Å². The Bertz CT molecular complexity index is 1300. The minimum atomic E-state index is 0.105. The number of halogens is 1. The van der Waals surface area contributed by atoms with E-state index in [0.717, 1.165) is 52.5 Å². The van der Waals surface area contributed by atoms with Gasteiger partial charge in [-0.2, -0.15) is 5.10 Å². The number of fused-ring (bicyclic) bond motifs is 1. The molecule has 2 aromatic heterocycles. The number of hydrogen-bond acceptors (Lipinski definition) is 4. The number of nitrogens with zero attached hydrogens (tertiary/aromatic N) is 4. The van der Waals surface area contributed by atoms with Crippen molar-refractivity contribution in [2.24, 2.45) is 7.05 Å². The zero-order chi connectivity index (χ0) is 22.4. The molecule has 1 saturated heterocycles. The summed E-state index contributed by atoms with van der Waals surface area (Å²) < 4.78 is 1.86. The Balaban J connectivity index is 1.36. The van der Waals surface area contributed by atoms with Crippen molar-refractivity contribution in [2.75, 3.05) is 31.1 Å². The van der Waals surface area contributed by atoms with Gasteiger partial charge < -0.3 is 9.80 Å². The van der Waals surface area contributed by atoms with E-state index in [9.17, 15) is 4.79 Å². The van der Waals surface area contributed by atoms with Gasteiger partial charge in [0.05, 0.1) is 4.88 Å². The first-order valence-electron chi connectivity index (χ1n) is 10.8. The van der Waals surface area contributed by atoms with Crippen LogP contribution in [0.15, 0.2) is 48.5 Å². The van der Waals surface area contributed by atoms with E-state index in [4.69, 9.17) is 11.6 Å². The molecule has 1 aliphatic heterocycles. The highest BCUT2D eigenvalue weighted by Crippen LogP contribution is 2.35. The maximum Gasteiger partial charge on any atom is 0.264 e. The lowest BCUT2D eigenvalue weighted by Gasteiger charge is -2.36. The summed E-state index contributed by atoms with van der Waals surface area (Å²) in [7, 11) is 1.93. The van der Waals surface area contributed by atoms with Gasteiger partial charge in [-0.15, -0.1) is 11.3 Å². The number of hydrogen-bond donors (Lipinski definition) is 0. The van der Waals surface area contributed by atoms with E-state index >= 15 is 0 Å². The molecule has 5 rings (SSSR count). The van der Waals surface area contributed by atoms with E-state index in [1.165, 1.54) is 28.2 Å². The molecule has 7 heteroatoms. The van der Waals surface area contributed by atoms with E-state index in [1.54, 1.807) is 0 Å². The molecule has 4 aromatic rings. The Morgan fingerprint density at radius 2 is 1.75 bits per heavy atom. The maximum atomic E-state index is 13.3. The number of aryl methyl sites for hydroxylation is 2. The summed E-state index contributed by atoms with van der Waals surface area (Å²) in [5.41, 5.74) is 5.78. The van der Waals surface area contributed by atoms with Crippen molar-refractivity contribution in [2.45, 2.75) is 13.8 Å². The molecule has 32 heavy (non-hydrogen) atoms. The number of rotatable bonds is 3. The van der Waals surface area contributed by atoms with Gasteiger partial charge in [0.25, 0.3) is 5.91 Å². The molecule has 0 N–H and O–H groups in total. The predicted molar refractivity (Wildman–Crippen MR) is 133 cm³/mol. The third kappa shape index (κ3) is 3.67. The number of aromatic nitrogens is 2. The fraction of sp³-hybridized carbons (Fsp3) is 0.280. The summed E-state index contributed by atoms with van der Waals surface area (Å²) >= 11 is 7.56. The number of carbonyl (C=O) groups is 1. The standard InChI is InChI=1S/C25H25ClN4OS/c1-16-5-4-6-21(17(16)2)29-11-13-30(14-12-29)24(31)22-15-20-23(27-28(3)25(20)32-22)18-7-9-19(26)10-8-18/h4-10,15H,11-14H2,1-3H3. The topological polar surface area (TPSA) is 41.4 Å². The average molecular weight is 465 g/mol. The van der Waals surface area contributed by atoms with Crippen LogP contribution in [-0.4, -0.2) is 46.8 Å². The van der Waals surface area contributed by atoms with E-state index < -0.39 is 0 Å². The van der Waals surface area contributed by atoms with Crippen molar-refractivity contribution < 1.29 is 4.79 Å². The molecule has 0 aliphatic carbocycles. The highest BCUT2D eigenvalue weighted by molar-refractivity contribution is 7.20. The quantitative estimate of drug-likeness (QED) is 0.400. The summed E-state index contributed by atoms with van der Waals surface area (Å²) in [6, 6.07) is 16.1. The molecule has 164 valence electrons. The number of amides is 1. The van der Waals surface area contributed by atoms with Gasteiger partial charge in [0.2, 0.25) is 0 Å². The normalized spacial score (nSPS) is 14.4. The molecule has 0 atom stereocenters.